The van der Waals surface area contributed by atoms with E-state index in [2.05, 4.69) is 25.7 Å². The third kappa shape index (κ3) is 6.82. The van der Waals surface area contributed by atoms with Crippen molar-refractivity contribution in [1.82, 2.24) is 4.90 Å². The first-order valence-electron chi connectivity index (χ1n) is 9.06. The van der Waals surface area contributed by atoms with Gasteiger partial charge in [0.1, 0.15) is 0 Å². The van der Waals surface area contributed by atoms with Crippen molar-refractivity contribution in [2.45, 2.75) is 72.1 Å². The molecule has 1 rings (SSSR count). The van der Waals surface area contributed by atoms with Crippen molar-refractivity contribution in [1.29, 1.82) is 0 Å². The second kappa shape index (κ2) is 10.2. The minimum Gasteiger partial charge on any atom is -0.343 e. The molecular formula is C18H36N2O. The minimum atomic E-state index is 0.373. The lowest BCUT2D eigenvalue weighted by atomic mass is 9.89. The molecule has 1 aliphatic rings. The van der Waals surface area contributed by atoms with E-state index >= 15 is 0 Å². The molecular weight excluding hydrogens is 260 g/mol. The first-order valence-corrected chi connectivity index (χ1v) is 9.06. The van der Waals surface area contributed by atoms with Crippen LogP contribution < -0.4 is 5.73 Å². The van der Waals surface area contributed by atoms with E-state index in [1.165, 1.54) is 32.1 Å². The second-order valence-electron chi connectivity index (χ2n) is 7.09. The molecule has 2 N–H and O–H groups in total. The molecule has 1 fully saturated rings. The monoisotopic (exact) mass is 296 g/mol. The van der Waals surface area contributed by atoms with Gasteiger partial charge in [-0.25, -0.2) is 0 Å². The summed E-state index contributed by atoms with van der Waals surface area (Å²) in [6, 6.07) is 0. The van der Waals surface area contributed by atoms with Crippen molar-refractivity contribution in [3.8, 4) is 0 Å². The number of rotatable bonds is 8. The zero-order chi connectivity index (χ0) is 15.7. The molecule has 1 heterocycles. The Bertz CT molecular complexity index is 285. The number of nitrogens with two attached hydrogens (primary N) is 1. The van der Waals surface area contributed by atoms with Crippen LogP contribution in [0.25, 0.3) is 0 Å². The SMILES string of the molecule is CCCC(CCN)CCC(=O)N1CCCC(C(C)C)CC1. The summed E-state index contributed by atoms with van der Waals surface area (Å²) in [5, 5.41) is 0. The van der Waals surface area contributed by atoms with Gasteiger partial charge in [-0.1, -0.05) is 33.6 Å². The van der Waals surface area contributed by atoms with Crippen LogP contribution in [-0.2, 0) is 4.79 Å². The predicted molar refractivity (Wildman–Crippen MR) is 90.1 cm³/mol. The Labute approximate surface area is 131 Å². The van der Waals surface area contributed by atoms with Crippen molar-refractivity contribution in [2.24, 2.45) is 23.5 Å². The van der Waals surface area contributed by atoms with Gasteiger partial charge in [-0.3, -0.25) is 4.79 Å². The summed E-state index contributed by atoms with van der Waals surface area (Å²) < 4.78 is 0. The standard InChI is InChI=1S/C18H36N2O/c1-4-6-16(10-12-19)8-9-18(21)20-13-5-7-17(11-14-20)15(2)3/h15-17H,4-14,19H2,1-3H3. The van der Waals surface area contributed by atoms with Crippen LogP contribution in [0.4, 0.5) is 0 Å². The van der Waals surface area contributed by atoms with Crippen LogP contribution in [0.1, 0.15) is 72.1 Å². The van der Waals surface area contributed by atoms with Crippen LogP contribution in [-0.4, -0.2) is 30.4 Å². The van der Waals surface area contributed by atoms with Gasteiger partial charge >= 0.3 is 0 Å². The van der Waals surface area contributed by atoms with Crippen molar-refractivity contribution in [3.63, 3.8) is 0 Å². The largest absolute Gasteiger partial charge is 0.343 e. The molecule has 0 aromatic rings. The average Bonchev–Trinajstić information content (AvgIpc) is 2.71. The van der Waals surface area contributed by atoms with Crippen molar-refractivity contribution in [2.75, 3.05) is 19.6 Å². The summed E-state index contributed by atoms with van der Waals surface area (Å²) >= 11 is 0. The Hall–Kier alpha value is -0.570. The van der Waals surface area contributed by atoms with E-state index in [1.54, 1.807) is 0 Å². The smallest absolute Gasteiger partial charge is 0.222 e. The van der Waals surface area contributed by atoms with Crippen LogP contribution >= 0.6 is 0 Å². The Balaban J connectivity index is 2.37. The quantitative estimate of drug-likeness (QED) is 0.740. The van der Waals surface area contributed by atoms with E-state index in [0.717, 1.165) is 50.7 Å². The normalized spacial score (nSPS) is 21.4. The van der Waals surface area contributed by atoms with Gasteiger partial charge in [0, 0.05) is 19.5 Å². The van der Waals surface area contributed by atoms with Crippen LogP contribution in [0.15, 0.2) is 0 Å². The maximum atomic E-state index is 12.4. The van der Waals surface area contributed by atoms with Gasteiger partial charge in [-0.15, -0.1) is 0 Å². The van der Waals surface area contributed by atoms with E-state index in [9.17, 15) is 4.79 Å². The van der Waals surface area contributed by atoms with E-state index < -0.39 is 0 Å². The molecule has 0 spiro atoms. The third-order valence-electron chi connectivity index (χ3n) is 5.11. The molecule has 1 amide bonds. The van der Waals surface area contributed by atoms with E-state index in [4.69, 9.17) is 5.73 Å². The zero-order valence-electron chi connectivity index (χ0n) is 14.4. The molecule has 0 aliphatic carbocycles. The summed E-state index contributed by atoms with van der Waals surface area (Å²) in [5.74, 6) is 2.56. The number of carbonyl (C=O) groups is 1. The molecule has 2 atom stereocenters. The topological polar surface area (TPSA) is 46.3 Å². The maximum absolute atomic E-state index is 12.4. The Morgan fingerprint density at radius 1 is 1.19 bits per heavy atom. The first kappa shape index (κ1) is 18.5. The summed E-state index contributed by atoms with van der Waals surface area (Å²) in [5.41, 5.74) is 5.68. The molecule has 3 nitrogen and oxygen atoms in total. The number of hydrogen-bond donors (Lipinski definition) is 1. The van der Waals surface area contributed by atoms with Crippen LogP contribution in [0, 0.1) is 17.8 Å². The van der Waals surface area contributed by atoms with Gasteiger partial charge in [0.05, 0.1) is 0 Å². The van der Waals surface area contributed by atoms with Gasteiger partial charge in [-0.05, 0) is 56.4 Å². The summed E-state index contributed by atoms with van der Waals surface area (Å²) in [6.07, 6.45) is 8.85. The van der Waals surface area contributed by atoms with Crippen LogP contribution in [0.5, 0.6) is 0 Å². The highest BCUT2D eigenvalue weighted by molar-refractivity contribution is 5.76. The lowest BCUT2D eigenvalue weighted by Gasteiger charge is -2.23. The van der Waals surface area contributed by atoms with Gasteiger partial charge in [-0.2, -0.15) is 0 Å². The van der Waals surface area contributed by atoms with Crippen LogP contribution in [0.2, 0.25) is 0 Å². The maximum Gasteiger partial charge on any atom is 0.222 e. The van der Waals surface area contributed by atoms with E-state index in [0.29, 0.717) is 11.8 Å². The zero-order valence-corrected chi connectivity index (χ0v) is 14.4. The second-order valence-corrected chi connectivity index (χ2v) is 7.09. The number of carbonyl (C=O) groups excluding carboxylic acids is 1. The molecule has 1 saturated heterocycles. The fourth-order valence-electron chi connectivity index (χ4n) is 3.60. The average molecular weight is 296 g/mol. The predicted octanol–water partition coefficient (Wildman–Crippen LogP) is 3.82. The molecule has 0 radical (unpaired) electrons. The highest BCUT2D eigenvalue weighted by atomic mass is 16.2. The summed E-state index contributed by atoms with van der Waals surface area (Å²) in [6.45, 7) is 9.52. The molecule has 21 heavy (non-hydrogen) atoms. The van der Waals surface area contributed by atoms with E-state index in [1.807, 2.05) is 0 Å². The molecule has 0 saturated carbocycles. The molecule has 0 aromatic carbocycles. The lowest BCUT2D eigenvalue weighted by molar-refractivity contribution is -0.131. The lowest BCUT2D eigenvalue weighted by Crippen LogP contribution is -2.32. The highest BCUT2D eigenvalue weighted by Crippen LogP contribution is 2.25. The molecule has 0 bridgehead atoms. The fourth-order valence-corrected chi connectivity index (χ4v) is 3.60. The number of likely N-dealkylation sites (tertiary alicyclic amines) is 1. The minimum absolute atomic E-state index is 0.373. The van der Waals surface area contributed by atoms with E-state index in [-0.39, 0.29) is 0 Å². The Kier molecular flexibility index (Phi) is 8.98. The Morgan fingerprint density at radius 2 is 1.95 bits per heavy atom. The number of amides is 1. The fraction of sp³-hybridized carbons (Fsp3) is 0.944. The molecule has 3 heteroatoms. The van der Waals surface area contributed by atoms with Crippen molar-refractivity contribution >= 4 is 5.91 Å². The van der Waals surface area contributed by atoms with Gasteiger partial charge < -0.3 is 10.6 Å². The number of nitrogens with zero attached hydrogens (tertiary/aromatic N) is 1. The highest BCUT2D eigenvalue weighted by Gasteiger charge is 2.22. The van der Waals surface area contributed by atoms with Gasteiger partial charge in [0.15, 0.2) is 0 Å². The third-order valence-corrected chi connectivity index (χ3v) is 5.11. The van der Waals surface area contributed by atoms with Crippen molar-refractivity contribution < 1.29 is 4.79 Å². The van der Waals surface area contributed by atoms with Crippen molar-refractivity contribution in [3.05, 3.63) is 0 Å². The van der Waals surface area contributed by atoms with Gasteiger partial charge in [0.2, 0.25) is 5.91 Å². The molecule has 2 unspecified atom stereocenters. The molecule has 124 valence electrons. The molecule has 0 aromatic heterocycles. The summed E-state index contributed by atoms with van der Waals surface area (Å²) in [4.78, 5) is 14.6. The summed E-state index contributed by atoms with van der Waals surface area (Å²) in [7, 11) is 0. The number of hydrogen-bond acceptors (Lipinski definition) is 2. The Morgan fingerprint density at radius 3 is 2.57 bits per heavy atom. The van der Waals surface area contributed by atoms with Gasteiger partial charge in [0.25, 0.3) is 0 Å². The first-order chi connectivity index (χ1) is 10.1. The molecule has 1 aliphatic heterocycles. The van der Waals surface area contributed by atoms with Crippen LogP contribution in [0.3, 0.4) is 0 Å².